The van der Waals surface area contributed by atoms with Crippen LogP contribution in [0, 0.1) is 12.3 Å². The number of ether oxygens (including phenoxy) is 1. The van der Waals surface area contributed by atoms with E-state index in [1.807, 2.05) is 7.05 Å². The quantitative estimate of drug-likeness (QED) is 0.655. The predicted octanol–water partition coefficient (Wildman–Crippen LogP) is 0.318. The molecule has 2 unspecified atom stereocenters. The lowest BCUT2D eigenvalue weighted by Crippen LogP contribution is -2.49. The highest BCUT2D eigenvalue weighted by molar-refractivity contribution is 5.00. The summed E-state index contributed by atoms with van der Waals surface area (Å²) in [5.41, 5.74) is 0. The zero-order valence-corrected chi connectivity index (χ0v) is 9.12. The molecule has 1 fully saturated rings. The van der Waals surface area contributed by atoms with E-state index >= 15 is 0 Å². The van der Waals surface area contributed by atoms with E-state index in [1.165, 1.54) is 0 Å². The number of morpholine rings is 1. The SMILES string of the molecule is C#CC(CC)N1CCOC(CNC)C1. The molecule has 0 amide bonds. The van der Waals surface area contributed by atoms with E-state index in [2.05, 4.69) is 23.1 Å². The number of nitrogens with one attached hydrogen (secondary N) is 1. The maximum absolute atomic E-state index is 5.61. The number of hydrogen-bond acceptors (Lipinski definition) is 3. The van der Waals surface area contributed by atoms with Gasteiger partial charge in [-0.05, 0) is 13.5 Å². The Balaban J connectivity index is 2.43. The molecule has 0 aromatic rings. The van der Waals surface area contributed by atoms with Crippen LogP contribution in [-0.4, -0.2) is 50.3 Å². The Labute approximate surface area is 86.8 Å². The first-order chi connectivity index (χ1) is 6.81. The van der Waals surface area contributed by atoms with E-state index in [-0.39, 0.29) is 12.1 Å². The monoisotopic (exact) mass is 196 g/mol. The topological polar surface area (TPSA) is 24.5 Å². The summed E-state index contributed by atoms with van der Waals surface area (Å²) >= 11 is 0. The molecule has 0 aromatic heterocycles. The third-order valence-electron chi connectivity index (χ3n) is 2.62. The van der Waals surface area contributed by atoms with Crippen molar-refractivity contribution in [2.75, 3.05) is 33.3 Å². The van der Waals surface area contributed by atoms with Crippen LogP contribution in [0.1, 0.15) is 13.3 Å². The second-order valence-electron chi connectivity index (χ2n) is 3.64. The van der Waals surface area contributed by atoms with Gasteiger partial charge in [0.05, 0.1) is 18.8 Å². The van der Waals surface area contributed by atoms with E-state index in [0.717, 1.165) is 32.7 Å². The summed E-state index contributed by atoms with van der Waals surface area (Å²) in [7, 11) is 1.95. The zero-order chi connectivity index (χ0) is 10.4. The van der Waals surface area contributed by atoms with Crippen molar-refractivity contribution in [1.29, 1.82) is 0 Å². The third kappa shape index (κ3) is 2.98. The molecule has 0 aromatic carbocycles. The largest absolute Gasteiger partial charge is 0.374 e. The molecule has 0 spiro atoms. The van der Waals surface area contributed by atoms with Crippen LogP contribution >= 0.6 is 0 Å². The summed E-state index contributed by atoms with van der Waals surface area (Å²) in [5.74, 6) is 2.83. The summed E-state index contributed by atoms with van der Waals surface area (Å²) in [5, 5.41) is 3.13. The lowest BCUT2D eigenvalue weighted by Gasteiger charge is -2.35. The Hall–Kier alpha value is -0.560. The maximum atomic E-state index is 5.61. The Kier molecular flexibility index (Phi) is 4.95. The summed E-state index contributed by atoms with van der Waals surface area (Å²) in [6.07, 6.45) is 6.79. The zero-order valence-electron chi connectivity index (χ0n) is 9.12. The lowest BCUT2D eigenvalue weighted by atomic mass is 10.1. The fourth-order valence-electron chi connectivity index (χ4n) is 1.86. The molecule has 1 aliphatic rings. The average molecular weight is 196 g/mol. The van der Waals surface area contributed by atoms with Crippen LogP contribution in [0.2, 0.25) is 0 Å². The molecule has 1 aliphatic heterocycles. The van der Waals surface area contributed by atoms with E-state index in [0.29, 0.717) is 0 Å². The third-order valence-corrected chi connectivity index (χ3v) is 2.62. The second kappa shape index (κ2) is 6.02. The number of rotatable bonds is 4. The summed E-state index contributed by atoms with van der Waals surface area (Å²) in [6.45, 7) is 5.74. The molecule has 1 saturated heterocycles. The molecule has 0 saturated carbocycles. The minimum atomic E-state index is 0.276. The first-order valence-electron chi connectivity index (χ1n) is 5.28. The van der Waals surface area contributed by atoms with Gasteiger partial charge in [-0.15, -0.1) is 6.42 Å². The molecule has 14 heavy (non-hydrogen) atoms. The van der Waals surface area contributed by atoms with Crippen molar-refractivity contribution in [3.8, 4) is 12.3 Å². The van der Waals surface area contributed by atoms with Crippen molar-refractivity contribution < 1.29 is 4.74 Å². The van der Waals surface area contributed by atoms with Gasteiger partial charge in [0.1, 0.15) is 0 Å². The Bertz CT molecular complexity index is 198. The van der Waals surface area contributed by atoms with E-state index in [1.54, 1.807) is 0 Å². The molecule has 3 nitrogen and oxygen atoms in total. The number of hydrogen-bond donors (Lipinski definition) is 1. The van der Waals surface area contributed by atoms with Crippen LogP contribution in [0.15, 0.2) is 0 Å². The van der Waals surface area contributed by atoms with E-state index in [9.17, 15) is 0 Å². The fraction of sp³-hybridized carbons (Fsp3) is 0.818. The maximum Gasteiger partial charge on any atom is 0.0827 e. The minimum Gasteiger partial charge on any atom is -0.374 e. The molecule has 1 heterocycles. The highest BCUT2D eigenvalue weighted by Gasteiger charge is 2.23. The molecular formula is C11H20N2O. The molecule has 1 rings (SSSR count). The van der Waals surface area contributed by atoms with Gasteiger partial charge < -0.3 is 10.1 Å². The van der Waals surface area contributed by atoms with Crippen molar-refractivity contribution in [3.05, 3.63) is 0 Å². The van der Waals surface area contributed by atoms with Gasteiger partial charge in [0.2, 0.25) is 0 Å². The van der Waals surface area contributed by atoms with Gasteiger partial charge in [-0.2, -0.15) is 0 Å². The average Bonchev–Trinajstić information content (AvgIpc) is 2.21. The molecule has 80 valence electrons. The van der Waals surface area contributed by atoms with Crippen LogP contribution in [-0.2, 0) is 4.74 Å². The molecule has 0 aliphatic carbocycles. The van der Waals surface area contributed by atoms with Gasteiger partial charge in [-0.25, -0.2) is 0 Å². The summed E-state index contributed by atoms with van der Waals surface area (Å²) in [6, 6.07) is 0.276. The van der Waals surface area contributed by atoms with Crippen LogP contribution in [0.4, 0.5) is 0 Å². The highest BCUT2D eigenvalue weighted by Crippen LogP contribution is 2.10. The van der Waals surface area contributed by atoms with E-state index < -0.39 is 0 Å². The van der Waals surface area contributed by atoms with E-state index in [4.69, 9.17) is 11.2 Å². The van der Waals surface area contributed by atoms with Crippen molar-refractivity contribution in [1.82, 2.24) is 10.2 Å². The fourth-order valence-corrected chi connectivity index (χ4v) is 1.86. The van der Waals surface area contributed by atoms with Gasteiger partial charge in [-0.1, -0.05) is 12.8 Å². The molecule has 1 N–H and O–H groups in total. The Morgan fingerprint density at radius 2 is 2.50 bits per heavy atom. The normalized spacial score (nSPS) is 25.6. The molecule has 0 bridgehead atoms. The van der Waals surface area contributed by atoms with Gasteiger partial charge in [0, 0.05) is 19.6 Å². The van der Waals surface area contributed by atoms with Gasteiger partial charge in [0.25, 0.3) is 0 Å². The smallest absolute Gasteiger partial charge is 0.0827 e. The van der Waals surface area contributed by atoms with Gasteiger partial charge >= 0.3 is 0 Å². The second-order valence-corrected chi connectivity index (χ2v) is 3.64. The first kappa shape index (κ1) is 11.5. The van der Waals surface area contributed by atoms with Crippen LogP contribution in [0.3, 0.4) is 0 Å². The Morgan fingerprint density at radius 1 is 1.71 bits per heavy atom. The van der Waals surface area contributed by atoms with Crippen molar-refractivity contribution in [2.45, 2.75) is 25.5 Å². The molecule has 2 atom stereocenters. The molecule has 0 radical (unpaired) electrons. The number of nitrogens with zero attached hydrogens (tertiary/aromatic N) is 1. The lowest BCUT2D eigenvalue weighted by molar-refractivity contribution is -0.0342. The van der Waals surface area contributed by atoms with Crippen LogP contribution in [0.25, 0.3) is 0 Å². The predicted molar refractivity (Wildman–Crippen MR) is 58.2 cm³/mol. The van der Waals surface area contributed by atoms with Crippen molar-refractivity contribution in [2.24, 2.45) is 0 Å². The summed E-state index contributed by atoms with van der Waals surface area (Å²) in [4.78, 5) is 2.34. The number of terminal acetylenes is 1. The standard InChI is InChI=1S/C11H20N2O/c1-4-10(5-2)13-6-7-14-11(9-13)8-12-3/h1,10-12H,5-9H2,2-3H3. The van der Waals surface area contributed by atoms with Crippen LogP contribution in [0.5, 0.6) is 0 Å². The summed E-state index contributed by atoms with van der Waals surface area (Å²) < 4.78 is 5.61. The minimum absolute atomic E-state index is 0.276. The highest BCUT2D eigenvalue weighted by atomic mass is 16.5. The van der Waals surface area contributed by atoms with Crippen molar-refractivity contribution >= 4 is 0 Å². The van der Waals surface area contributed by atoms with Crippen LogP contribution < -0.4 is 5.32 Å². The van der Waals surface area contributed by atoms with Gasteiger partial charge in [0.15, 0.2) is 0 Å². The first-order valence-corrected chi connectivity index (χ1v) is 5.28. The van der Waals surface area contributed by atoms with Gasteiger partial charge in [-0.3, -0.25) is 4.90 Å². The Morgan fingerprint density at radius 3 is 3.07 bits per heavy atom. The molecule has 3 heteroatoms. The molecular weight excluding hydrogens is 176 g/mol. The number of likely N-dealkylation sites (N-methyl/N-ethyl adjacent to an activating group) is 1. The van der Waals surface area contributed by atoms with Crippen molar-refractivity contribution in [3.63, 3.8) is 0 Å².